The van der Waals surface area contributed by atoms with E-state index in [0.29, 0.717) is 13.1 Å². The molecule has 0 saturated carbocycles. The van der Waals surface area contributed by atoms with E-state index in [4.69, 9.17) is 9.47 Å². The molecule has 0 fully saturated rings. The van der Waals surface area contributed by atoms with Crippen LogP contribution in [-0.4, -0.2) is 61.4 Å². The first-order chi connectivity index (χ1) is 17.7. The summed E-state index contributed by atoms with van der Waals surface area (Å²) in [6.45, 7) is 6.96. The van der Waals surface area contributed by atoms with Gasteiger partial charge in [0.15, 0.2) is 0 Å². The number of fused-ring (bicyclic) bond motifs is 3. The Balaban J connectivity index is 1.22. The third kappa shape index (κ3) is 9.51. The Hall–Kier alpha value is -2.85. The number of ether oxygens (including phenoxy) is 2. The van der Waals surface area contributed by atoms with Gasteiger partial charge in [-0.3, -0.25) is 4.79 Å². The molecule has 0 radical (unpaired) electrons. The van der Waals surface area contributed by atoms with Crippen molar-refractivity contribution in [2.75, 3.05) is 37.7 Å². The minimum Gasteiger partial charge on any atom is -0.449 e. The van der Waals surface area contributed by atoms with Gasteiger partial charge < -0.3 is 25.4 Å². The number of alkyl carbamates (subject to hydrolysis) is 2. The van der Waals surface area contributed by atoms with E-state index in [-0.39, 0.29) is 31.4 Å². The summed E-state index contributed by atoms with van der Waals surface area (Å²) < 4.78 is 10.7. The van der Waals surface area contributed by atoms with E-state index in [0.717, 1.165) is 22.6 Å². The lowest BCUT2D eigenvalue weighted by molar-refractivity contribution is -0.120. The monoisotopic (exact) mass is 545 g/mol. The third-order valence-corrected chi connectivity index (χ3v) is 7.82. The topological polar surface area (TPSA) is 106 Å². The standard InChI is InChI=1S/C27H35N3O5S2/c1-27(2,3)35-26(33)30-15-17-37-36-16-14-28-24(31)12-13-29-25(32)34-18-23-21-10-6-4-8-19(21)20-9-5-7-11-22(20)23/h4-11,23H,12-18H2,1-3H3,(H,28,31)(H,29,32)(H,30,33). The van der Waals surface area contributed by atoms with Crippen LogP contribution in [0.2, 0.25) is 0 Å². The molecule has 0 saturated heterocycles. The molecule has 2 aromatic rings. The van der Waals surface area contributed by atoms with Gasteiger partial charge in [-0.15, -0.1) is 0 Å². The fraction of sp³-hybridized carbons (Fsp3) is 0.444. The molecular weight excluding hydrogens is 510 g/mol. The molecule has 0 aliphatic heterocycles. The van der Waals surface area contributed by atoms with Crippen molar-refractivity contribution in [3.05, 3.63) is 59.7 Å². The molecule has 200 valence electrons. The predicted molar refractivity (Wildman–Crippen MR) is 150 cm³/mol. The van der Waals surface area contributed by atoms with Gasteiger partial charge in [-0.25, -0.2) is 9.59 Å². The van der Waals surface area contributed by atoms with Gasteiger partial charge in [0.25, 0.3) is 0 Å². The highest BCUT2D eigenvalue weighted by Crippen LogP contribution is 2.44. The Kier molecular flexibility index (Phi) is 11.0. The molecular formula is C27H35N3O5S2. The summed E-state index contributed by atoms with van der Waals surface area (Å²) >= 11 is 0. The lowest BCUT2D eigenvalue weighted by Crippen LogP contribution is -2.33. The van der Waals surface area contributed by atoms with Gasteiger partial charge in [-0.05, 0) is 43.0 Å². The average molecular weight is 546 g/mol. The largest absolute Gasteiger partial charge is 0.449 e. The summed E-state index contributed by atoms with van der Waals surface area (Å²) in [4.78, 5) is 35.8. The molecule has 0 aromatic heterocycles. The highest BCUT2D eigenvalue weighted by molar-refractivity contribution is 8.76. The quantitative estimate of drug-likeness (QED) is 0.256. The molecule has 8 nitrogen and oxygen atoms in total. The summed E-state index contributed by atoms with van der Waals surface area (Å²) in [5.74, 6) is 1.35. The Morgan fingerprint density at radius 1 is 0.784 bits per heavy atom. The van der Waals surface area contributed by atoms with E-state index in [2.05, 4.69) is 40.2 Å². The first-order valence-corrected chi connectivity index (χ1v) is 14.8. The molecule has 37 heavy (non-hydrogen) atoms. The minimum absolute atomic E-state index is 0.00455. The zero-order valence-electron chi connectivity index (χ0n) is 21.5. The van der Waals surface area contributed by atoms with Gasteiger partial charge in [0.1, 0.15) is 12.2 Å². The Bertz CT molecular complexity index is 1030. The molecule has 3 N–H and O–H groups in total. The lowest BCUT2D eigenvalue weighted by atomic mass is 9.98. The highest BCUT2D eigenvalue weighted by Gasteiger charge is 2.29. The normalized spacial score (nSPS) is 12.3. The second-order valence-corrected chi connectivity index (χ2v) is 12.1. The Labute approximate surface area is 226 Å². The van der Waals surface area contributed by atoms with E-state index >= 15 is 0 Å². The van der Waals surface area contributed by atoms with Crippen LogP contribution in [0.1, 0.15) is 44.2 Å². The van der Waals surface area contributed by atoms with E-state index < -0.39 is 17.8 Å². The number of carbonyl (C=O) groups is 3. The molecule has 1 aliphatic carbocycles. The van der Waals surface area contributed by atoms with Gasteiger partial charge >= 0.3 is 12.2 Å². The van der Waals surface area contributed by atoms with Crippen LogP contribution in [0.3, 0.4) is 0 Å². The van der Waals surface area contributed by atoms with Crippen LogP contribution in [0.15, 0.2) is 48.5 Å². The van der Waals surface area contributed by atoms with Crippen molar-refractivity contribution in [3.63, 3.8) is 0 Å². The smallest absolute Gasteiger partial charge is 0.407 e. The number of rotatable bonds is 12. The second-order valence-electron chi connectivity index (χ2n) is 9.42. The molecule has 3 amide bonds. The van der Waals surface area contributed by atoms with Crippen LogP contribution in [0.4, 0.5) is 9.59 Å². The van der Waals surface area contributed by atoms with Gasteiger partial charge in [0, 0.05) is 43.5 Å². The van der Waals surface area contributed by atoms with Crippen molar-refractivity contribution in [3.8, 4) is 11.1 Å². The van der Waals surface area contributed by atoms with Crippen LogP contribution in [0, 0.1) is 0 Å². The van der Waals surface area contributed by atoms with Crippen molar-refractivity contribution in [2.24, 2.45) is 0 Å². The summed E-state index contributed by atoms with van der Waals surface area (Å²) in [5.41, 5.74) is 4.17. The van der Waals surface area contributed by atoms with Crippen molar-refractivity contribution in [1.82, 2.24) is 16.0 Å². The maximum atomic E-state index is 12.2. The van der Waals surface area contributed by atoms with Crippen molar-refractivity contribution < 1.29 is 23.9 Å². The van der Waals surface area contributed by atoms with Gasteiger partial charge in [0.05, 0.1) is 0 Å². The molecule has 0 atom stereocenters. The van der Waals surface area contributed by atoms with Crippen LogP contribution >= 0.6 is 21.6 Å². The maximum Gasteiger partial charge on any atom is 0.407 e. The lowest BCUT2D eigenvalue weighted by Gasteiger charge is -2.19. The fourth-order valence-corrected chi connectivity index (χ4v) is 5.69. The Morgan fingerprint density at radius 2 is 1.32 bits per heavy atom. The SMILES string of the molecule is CC(C)(C)OC(=O)NCCSSCCNC(=O)CCNC(=O)OCC1c2ccccc2-c2ccccc21. The number of hydrogen-bond acceptors (Lipinski definition) is 7. The number of amides is 3. The summed E-state index contributed by atoms with van der Waals surface area (Å²) in [7, 11) is 3.23. The van der Waals surface area contributed by atoms with Crippen LogP contribution < -0.4 is 16.0 Å². The van der Waals surface area contributed by atoms with Crippen molar-refractivity contribution in [2.45, 2.75) is 38.7 Å². The van der Waals surface area contributed by atoms with E-state index in [1.165, 1.54) is 11.1 Å². The molecule has 0 spiro atoms. The van der Waals surface area contributed by atoms with Crippen LogP contribution in [0.5, 0.6) is 0 Å². The first-order valence-electron chi connectivity index (χ1n) is 12.3. The minimum atomic E-state index is -0.526. The summed E-state index contributed by atoms with van der Waals surface area (Å²) in [6.07, 6.45) is -0.763. The highest BCUT2D eigenvalue weighted by atomic mass is 33.1. The maximum absolute atomic E-state index is 12.2. The number of hydrogen-bond donors (Lipinski definition) is 3. The molecule has 10 heteroatoms. The Morgan fingerprint density at radius 3 is 1.92 bits per heavy atom. The van der Waals surface area contributed by atoms with Crippen molar-refractivity contribution in [1.29, 1.82) is 0 Å². The fourth-order valence-electron chi connectivity index (χ4n) is 3.87. The van der Waals surface area contributed by atoms with E-state index in [9.17, 15) is 14.4 Å². The summed E-state index contributed by atoms with van der Waals surface area (Å²) in [5, 5.41) is 8.20. The third-order valence-electron chi connectivity index (χ3n) is 5.41. The second kappa shape index (κ2) is 14.2. The van der Waals surface area contributed by atoms with Gasteiger partial charge in [-0.1, -0.05) is 70.1 Å². The van der Waals surface area contributed by atoms with Crippen LogP contribution in [0.25, 0.3) is 11.1 Å². The zero-order chi connectivity index (χ0) is 26.7. The number of nitrogens with one attached hydrogen (secondary N) is 3. The van der Waals surface area contributed by atoms with Crippen molar-refractivity contribution >= 4 is 39.7 Å². The van der Waals surface area contributed by atoms with Gasteiger partial charge in [0.2, 0.25) is 5.91 Å². The summed E-state index contributed by atoms with van der Waals surface area (Å²) in [6, 6.07) is 16.4. The predicted octanol–water partition coefficient (Wildman–Crippen LogP) is 4.94. The molecule has 1 aliphatic rings. The molecule has 0 bridgehead atoms. The molecule has 0 heterocycles. The first kappa shape index (κ1) is 28.7. The van der Waals surface area contributed by atoms with Gasteiger partial charge in [-0.2, -0.15) is 0 Å². The van der Waals surface area contributed by atoms with Crippen LogP contribution in [-0.2, 0) is 14.3 Å². The van der Waals surface area contributed by atoms with E-state index in [1.807, 2.05) is 45.0 Å². The molecule has 3 rings (SSSR count). The zero-order valence-corrected chi connectivity index (χ0v) is 23.1. The molecule has 2 aromatic carbocycles. The number of benzene rings is 2. The van der Waals surface area contributed by atoms with E-state index in [1.54, 1.807) is 21.6 Å². The number of carbonyl (C=O) groups excluding carboxylic acids is 3. The average Bonchev–Trinajstić information content (AvgIpc) is 3.17. The molecule has 0 unspecified atom stereocenters.